The number of imidazole rings is 1. The van der Waals surface area contributed by atoms with Gasteiger partial charge in [0.2, 0.25) is 0 Å². The number of nitrogens with zero attached hydrogens (tertiary/aromatic N) is 2. The normalized spacial score (nSPS) is 12.6. The first-order chi connectivity index (χ1) is 9.74. The van der Waals surface area contributed by atoms with Crippen LogP contribution in [0.25, 0.3) is 0 Å². The van der Waals surface area contributed by atoms with Crippen molar-refractivity contribution in [3.63, 3.8) is 0 Å². The van der Waals surface area contributed by atoms with Crippen LogP contribution in [0.3, 0.4) is 0 Å². The molecule has 3 nitrogen and oxygen atoms in total. The first-order valence-electron chi connectivity index (χ1n) is 7.15. The third-order valence-corrected chi connectivity index (χ3v) is 4.30. The second kappa shape index (κ2) is 7.60. The van der Waals surface area contributed by atoms with Crippen molar-refractivity contribution in [3.05, 3.63) is 52.5 Å². The van der Waals surface area contributed by atoms with E-state index in [1.165, 1.54) is 15.9 Å². The molecular formula is C16H22BrN3. The fourth-order valence-corrected chi connectivity index (χ4v) is 2.85. The minimum atomic E-state index is 0.395. The van der Waals surface area contributed by atoms with Crippen molar-refractivity contribution >= 4 is 15.9 Å². The highest BCUT2D eigenvalue weighted by Gasteiger charge is 2.13. The number of halogens is 1. The van der Waals surface area contributed by atoms with Crippen LogP contribution in [-0.2, 0) is 19.4 Å². The molecule has 2 rings (SSSR count). The Bertz CT molecular complexity index is 536. The van der Waals surface area contributed by atoms with Gasteiger partial charge in [0.05, 0.1) is 0 Å². The molecule has 0 spiro atoms. The maximum Gasteiger partial charge on any atom is 0.110 e. The van der Waals surface area contributed by atoms with Crippen LogP contribution in [0, 0.1) is 0 Å². The summed E-state index contributed by atoms with van der Waals surface area (Å²) in [5.41, 5.74) is 1.33. The van der Waals surface area contributed by atoms with Crippen LogP contribution in [0.1, 0.15) is 24.7 Å². The number of rotatable bonds is 7. The van der Waals surface area contributed by atoms with Crippen LogP contribution in [0.15, 0.2) is 41.1 Å². The number of hydrogen-bond donors (Lipinski definition) is 1. The lowest BCUT2D eigenvalue weighted by Crippen LogP contribution is -2.31. The van der Waals surface area contributed by atoms with Gasteiger partial charge in [-0.2, -0.15) is 0 Å². The van der Waals surface area contributed by atoms with E-state index in [4.69, 9.17) is 0 Å². The first kappa shape index (κ1) is 15.3. The molecule has 0 saturated carbocycles. The number of nitrogens with one attached hydrogen (secondary N) is 1. The van der Waals surface area contributed by atoms with Gasteiger partial charge in [0.1, 0.15) is 5.82 Å². The zero-order valence-electron chi connectivity index (χ0n) is 12.1. The Hall–Kier alpha value is -1.13. The van der Waals surface area contributed by atoms with Crippen LogP contribution < -0.4 is 5.32 Å². The lowest BCUT2D eigenvalue weighted by molar-refractivity contribution is 0.519. The summed E-state index contributed by atoms with van der Waals surface area (Å²) in [5, 5.41) is 3.41. The molecule has 1 heterocycles. The molecule has 20 heavy (non-hydrogen) atoms. The second-order valence-electron chi connectivity index (χ2n) is 5.02. The number of aryl methyl sites for hydroxylation is 1. The van der Waals surface area contributed by atoms with Gasteiger partial charge in [0, 0.05) is 35.9 Å². The SMILES string of the molecule is CCCn1ccnc1CC(Cc1ccccc1Br)NC. The summed E-state index contributed by atoms with van der Waals surface area (Å²) in [6.45, 7) is 3.24. The third kappa shape index (κ3) is 3.93. The summed E-state index contributed by atoms with van der Waals surface area (Å²) >= 11 is 3.62. The highest BCUT2D eigenvalue weighted by atomic mass is 79.9. The summed E-state index contributed by atoms with van der Waals surface area (Å²) in [6, 6.07) is 8.81. The Morgan fingerprint density at radius 3 is 2.80 bits per heavy atom. The Kier molecular flexibility index (Phi) is 5.80. The van der Waals surface area contributed by atoms with Crippen LogP contribution in [-0.4, -0.2) is 22.6 Å². The average Bonchev–Trinajstić information content (AvgIpc) is 2.88. The number of likely N-dealkylation sites (N-methyl/N-ethyl adjacent to an activating group) is 1. The molecule has 4 heteroatoms. The summed E-state index contributed by atoms with van der Waals surface area (Å²) in [5.74, 6) is 1.17. The van der Waals surface area contributed by atoms with Crippen molar-refractivity contribution in [1.29, 1.82) is 0 Å². The molecule has 108 valence electrons. The van der Waals surface area contributed by atoms with E-state index in [0.717, 1.165) is 25.8 Å². The van der Waals surface area contributed by atoms with E-state index in [1.807, 2.05) is 13.2 Å². The number of benzene rings is 1. The molecule has 0 aliphatic carbocycles. The minimum Gasteiger partial charge on any atom is -0.335 e. The molecule has 0 bridgehead atoms. The van der Waals surface area contributed by atoms with Gasteiger partial charge in [-0.1, -0.05) is 41.1 Å². The van der Waals surface area contributed by atoms with Crippen molar-refractivity contribution in [2.24, 2.45) is 0 Å². The predicted molar refractivity (Wildman–Crippen MR) is 86.9 cm³/mol. The smallest absolute Gasteiger partial charge is 0.110 e. The molecule has 0 aliphatic rings. The zero-order chi connectivity index (χ0) is 14.4. The first-order valence-corrected chi connectivity index (χ1v) is 7.94. The molecule has 1 N–H and O–H groups in total. The van der Waals surface area contributed by atoms with E-state index in [1.54, 1.807) is 0 Å². The summed E-state index contributed by atoms with van der Waals surface area (Å²) in [6.07, 6.45) is 7.06. The Balaban J connectivity index is 2.05. The lowest BCUT2D eigenvalue weighted by Gasteiger charge is -2.17. The molecule has 0 radical (unpaired) electrons. The molecule has 0 saturated heterocycles. The van der Waals surface area contributed by atoms with Crippen LogP contribution >= 0.6 is 15.9 Å². The maximum atomic E-state index is 4.50. The van der Waals surface area contributed by atoms with Crippen LogP contribution in [0.4, 0.5) is 0 Å². The number of hydrogen-bond acceptors (Lipinski definition) is 2. The van der Waals surface area contributed by atoms with Gasteiger partial charge in [-0.05, 0) is 31.5 Å². The Labute approximate surface area is 129 Å². The monoisotopic (exact) mass is 335 g/mol. The van der Waals surface area contributed by atoms with E-state index >= 15 is 0 Å². The highest BCUT2D eigenvalue weighted by molar-refractivity contribution is 9.10. The maximum absolute atomic E-state index is 4.50. The second-order valence-corrected chi connectivity index (χ2v) is 5.88. The molecule has 1 unspecified atom stereocenters. The fourth-order valence-electron chi connectivity index (χ4n) is 2.40. The van der Waals surface area contributed by atoms with Gasteiger partial charge in [-0.15, -0.1) is 0 Å². The standard InChI is InChI=1S/C16H22BrN3/c1-3-9-20-10-8-19-16(20)12-14(18-2)11-13-6-4-5-7-15(13)17/h4-8,10,14,18H,3,9,11-12H2,1-2H3. The summed E-state index contributed by atoms with van der Waals surface area (Å²) in [4.78, 5) is 4.50. The quantitative estimate of drug-likeness (QED) is 0.840. The largest absolute Gasteiger partial charge is 0.335 e. The molecule has 2 aromatic rings. The van der Waals surface area contributed by atoms with E-state index in [-0.39, 0.29) is 0 Å². The minimum absolute atomic E-state index is 0.395. The van der Waals surface area contributed by atoms with Gasteiger partial charge in [-0.3, -0.25) is 0 Å². The van der Waals surface area contributed by atoms with Crippen LogP contribution in [0.5, 0.6) is 0 Å². The molecule has 1 aromatic carbocycles. The van der Waals surface area contributed by atoms with E-state index < -0.39 is 0 Å². The van der Waals surface area contributed by atoms with Gasteiger partial charge < -0.3 is 9.88 Å². The van der Waals surface area contributed by atoms with Crippen molar-refractivity contribution in [2.45, 2.75) is 38.8 Å². The molecule has 1 aromatic heterocycles. The molecule has 0 aliphatic heterocycles. The molecular weight excluding hydrogens is 314 g/mol. The molecule has 0 fully saturated rings. The average molecular weight is 336 g/mol. The predicted octanol–water partition coefficient (Wildman–Crippen LogP) is 3.43. The van der Waals surface area contributed by atoms with Gasteiger partial charge >= 0.3 is 0 Å². The molecule has 0 amide bonds. The van der Waals surface area contributed by atoms with Gasteiger partial charge in [-0.25, -0.2) is 4.98 Å². The van der Waals surface area contributed by atoms with E-state index in [9.17, 15) is 0 Å². The van der Waals surface area contributed by atoms with Crippen molar-refractivity contribution < 1.29 is 0 Å². The third-order valence-electron chi connectivity index (χ3n) is 3.53. The van der Waals surface area contributed by atoms with Gasteiger partial charge in [0.15, 0.2) is 0 Å². The summed E-state index contributed by atoms with van der Waals surface area (Å²) < 4.78 is 3.43. The summed E-state index contributed by atoms with van der Waals surface area (Å²) in [7, 11) is 2.02. The number of aromatic nitrogens is 2. The fraction of sp³-hybridized carbons (Fsp3) is 0.438. The zero-order valence-corrected chi connectivity index (χ0v) is 13.7. The highest BCUT2D eigenvalue weighted by Crippen LogP contribution is 2.18. The van der Waals surface area contributed by atoms with Crippen molar-refractivity contribution in [3.8, 4) is 0 Å². The van der Waals surface area contributed by atoms with E-state index in [0.29, 0.717) is 6.04 Å². The van der Waals surface area contributed by atoms with Crippen molar-refractivity contribution in [1.82, 2.24) is 14.9 Å². The topological polar surface area (TPSA) is 29.9 Å². The van der Waals surface area contributed by atoms with Crippen molar-refractivity contribution in [2.75, 3.05) is 7.05 Å². The van der Waals surface area contributed by atoms with E-state index in [2.05, 4.69) is 68.2 Å². The van der Waals surface area contributed by atoms with Crippen LogP contribution in [0.2, 0.25) is 0 Å². The van der Waals surface area contributed by atoms with Gasteiger partial charge in [0.25, 0.3) is 0 Å². The Morgan fingerprint density at radius 1 is 1.30 bits per heavy atom. The lowest BCUT2D eigenvalue weighted by atomic mass is 10.0. The molecule has 1 atom stereocenters. The Morgan fingerprint density at radius 2 is 2.10 bits per heavy atom.